The molecule has 0 fully saturated rings. The van der Waals surface area contributed by atoms with Crippen molar-refractivity contribution < 1.29 is 28.6 Å². The summed E-state index contributed by atoms with van der Waals surface area (Å²) < 4.78 is 16.1. The smallest absolute Gasteiger partial charge is 0.272 e. The van der Waals surface area contributed by atoms with E-state index in [2.05, 4.69) is 16.0 Å². The van der Waals surface area contributed by atoms with Gasteiger partial charge >= 0.3 is 0 Å². The Hall–Kier alpha value is -5.22. The van der Waals surface area contributed by atoms with Crippen molar-refractivity contribution in [2.45, 2.75) is 17.1 Å². The van der Waals surface area contributed by atoms with Crippen molar-refractivity contribution >= 4 is 46.9 Å². The summed E-state index contributed by atoms with van der Waals surface area (Å²) in [6, 6.07) is 28.1. The molecule has 10 heteroatoms. The highest BCUT2D eigenvalue weighted by Crippen LogP contribution is 2.32. The first-order valence-corrected chi connectivity index (χ1v) is 14.5. The van der Waals surface area contributed by atoms with Gasteiger partial charge in [-0.15, -0.1) is 11.8 Å². The second-order valence-corrected chi connectivity index (χ2v) is 10.8. The fraction of sp³-hybridized carbons (Fsp3) is 0.147. The number of anilines is 2. The fourth-order valence-corrected chi connectivity index (χ4v) is 5.01. The third-order valence-corrected chi connectivity index (χ3v) is 7.51. The van der Waals surface area contributed by atoms with Crippen LogP contribution in [-0.4, -0.2) is 44.3 Å². The minimum absolute atomic E-state index is 0.00620. The Labute approximate surface area is 260 Å². The molecule has 0 aliphatic heterocycles. The van der Waals surface area contributed by atoms with Gasteiger partial charge in [0, 0.05) is 33.5 Å². The van der Waals surface area contributed by atoms with Crippen molar-refractivity contribution in [3.63, 3.8) is 0 Å². The second kappa shape index (κ2) is 15.3. The highest BCUT2D eigenvalue weighted by atomic mass is 32.2. The number of ether oxygens (including phenoxy) is 3. The molecule has 0 saturated heterocycles. The molecule has 4 aromatic carbocycles. The first kappa shape index (κ1) is 31.7. The van der Waals surface area contributed by atoms with Crippen molar-refractivity contribution in [1.29, 1.82) is 0 Å². The van der Waals surface area contributed by atoms with Gasteiger partial charge in [-0.25, -0.2) is 0 Å². The van der Waals surface area contributed by atoms with E-state index in [1.807, 2.05) is 19.1 Å². The van der Waals surface area contributed by atoms with E-state index in [-0.39, 0.29) is 16.9 Å². The summed E-state index contributed by atoms with van der Waals surface area (Å²) >= 11 is 1.38. The van der Waals surface area contributed by atoms with Crippen LogP contribution in [0.3, 0.4) is 0 Å². The lowest BCUT2D eigenvalue weighted by atomic mass is 10.1. The normalized spacial score (nSPS) is 11.6. The van der Waals surface area contributed by atoms with Gasteiger partial charge in [0.15, 0.2) is 11.5 Å². The predicted octanol–water partition coefficient (Wildman–Crippen LogP) is 6.24. The van der Waals surface area contributed by atoms with Crippen molar-refractivity contribution in [2.24, 2.45) is 0 Å². The topological polar surface area (TPSA) is 115 Å². The number of para-hydroxylation sites is 1. The number of methoxy groups -OCH3 is 3. The number of carbonyl (C=O) groups is 3. The summed E-state index contributed by atoms with van der Waals surface area (Å²) in [5.74, 6) is 0.418. The Balaban J connectivity index is 1.48. The number of nitrogens with one attached hydrogen (secondary N) is 3. The van der Waals surface area contributed by atoms with E-state index in [0.29, 0.717) is 39.8 Å². The lowest BCUT2D eigenvalue weighted by Gasteiger charge is -2.15. The van der Waals surface area contributed by atoms with Gasteiger partial charge in [-0.2, -0.15) is 0 Å². The molecule has 3 amide bonds. The van der Waals surface area contributed by atoms with E-state index in [1.54, 1.807) is 92.0 Å². The number of thioether (sulfide) groups is 1. The standard InChI is InChI=1S/C34H33N3O6S/c1-22(32(38)36-26-13-9-14-27(21-26)41-2)44-28-18-16-25(17-19-28)35-34(40)29(37-33(39)23-10-6-5-7-11-23)20-24-12-8-15-30(42-3)31(24)43-4/h5-22H,1-4H3,(H,35,40)(H,36,38)(H,37,39)/b29-20-. The van der Waals surface area contributed by atoms with Gasteiger partial charge < -0.3 is 30.2 Å². The molecule has 0 heterocycles. The molecule has 0 radical (unpaired) electrons. The predicted molar refractivity (Wildman–Crippen MR) is 173 cm³/mol. The van der Waals surface area contributed by atoms with E-state index in [9.17, 15) is 14.4 Å². The van der Waals surface area contributed by atoms with Gasteiger partial charge in [0.2, 0.25) is 5.91 Å². The molecule has 4 rings (SSSR count). The largest absolute Gasteiger partial charge is 0.497 e. The van der Waals surface area contributed by atoms with Crippen LogP contribution >= 0.6 is 11.8 Å². The summed E-state index contributed by atoms with van der Waals surface area (Å²) in [6.45, 7) is 1.81. The summed E-state index contributed by atoms with van der Waals surface area (Å²) in [7, 11) is 4.59. The molecule has 0 spiro atoms. The van der Waals surface area contributed by atoms with Crippen molar-refractivity contribution in [3.8, 4) is 17.2 Å². The molecule has 9 nitrogen and oxygen atoms in total. The van der Waals surface area contributed by atoms with E-state index < -0.39 is 11.8 Å². The lowest BCUT2D eigenvalue weighted by Crippen LogP contribution is -2.30. The average molecular weight is 612 g/mol. The van der Waals surface area contributed by atoms with E-state index >= 15 is 0 Å². The maximum Gasteiger partial charge on any atom is 0.272 e. The highest BCUT2D eigenvalue weighted by molar-refractivity contribution is 8.00. The van der Waals surface area contributed by atoms with Crippen LogP contribution < -0.4 is 30.2 Å². The molecular weight excluding hydrogens is 578 g/mol. The van der Waals surface area contributed by atoms with E-state index in [0.717, 1.165) is 4.90 Å². The zero-order chi connectivity index (χ0) is 31.5. The number of amides is 3. The highest BCUT2D eigenvalue weighted by Gasteiger charge is 2.18. The van der Waals surface area contributed by atoms with E-state index in [1.165, 1.54) is 32.1 Å². The molecule has 0 aliphatic rings. The minimum atomic E-state index is -0.536. The average Bonchev–Trinajstić information content (AvgIpc) is 3.05. The molecule has 0 saturated carbocycles. The van der Waals surface area contributed by atoms with Gasteiger partial charge in [-0.3, -0.25) is 14.4 Å². The minimum Gasteiger partial charge on any atom is -0.497 e. The zero-order valence-electron chi connectivity index (χ0n) is 24.8. The molecule has 226 valence electrons. The molecule has 1 unspecified atom stereocenters. The quantitative estimate of drug-likeness (QED) is 0.128. The van der Waals surface area contributed by atoms with Crippen LogP contribution in [0.25, 0.3) is 6.08 Å². The van der Waals surface area contributed by atoms with Gasteiger partial charge in [-0.05, 0) is 67.6 Å². The van der Waals surface area contributed by atoms with Gasteiger partial charge in [0.05, 0.1) is 26.6 Å². The zero-order valence-corrected chi connectivity index (χ0v) is 25.6. The van der Waals surface area contributed by atoms with Crippen LogP contribution in [0.2, 0.25) is 0 Å². The third kappa shape index (κ3) is 8.42. The molecule has 0 bridgehead atoms. The molecule has 1 atom stereocenters. The van der Waals surface area contributed by atoms with Gasteiger partial charge in [0.1, 0.15) is 11.4 Å². The van der Waals surface area contributed by atoms with E-state index in [4.69, 9.17) is 14.2 Å². The van der Waals surface area contributed by atoms with Crippen molar-refractivity contribution in [3.05, 3.63) is 114 Å². The van der Waals surface area contributed by atoms with Crippen LogP contribution in [0, 0.1) is 0 Å². The number of rotatable bonds is 12. The maximum atomic E-state index is 13.5. The monoisotopic (exact) mass is 611 g/mol. The summed E-state index contributed by atoms with van der Waals surface area (Å²) in [5, 5.41) is 8.07. The Morgan fingerprint density at radius 3 is 2.16 bits per heavy atom. The Bertz CT molecular complexity index is 1640. The second-order valence-electron chi connectivity index (χ2n) is 9.42. The molecule has 3 N–H and O–H groups in total. The summed E-state index contributed by atoms with van der Waals surface area (Å²) in [6.07, 6.45) is 1.53. The first-order valence-electron chi connectivity index (χ1n) is 13.6. The van der Waals surface area contributed by atoms with Gasteiger partial charge in [0.25, 0.3) is 11.8 Å². The fourth-order valence-electron chi connectivity index (χ4n) is 4.14. The summed E-state index contributed by atoms with van der Waals surface area (Å²) in [4.78, 5) is 40.1. The molecule has 0 aliphatic carbocycles. The number of hydrogen-bond donors (Lipinski definition) is 3. The SMILES string of the molecule is COc1cccc(NC(=O)C(C)Sc2ccc(NC(=O)/C(=C/c3cccc(OC)c3OC)NC(=O)c3ccccc3)cc2)c1. The van der Waals surface area contributed by atoms with Crippen LogP contribution in [0.15, 0.2) is 108 Å². The number of benzene rings is 4. The van der Waals surface area contributed by atoms with Crippen LogP contribution in [-0.2, 0) is 9.59 Å². The van der Waals surface area contributed by atoms with Gasteiger partial charge in [-0.1, -0.05) is 36.4 Å². The van der Waals surface area contributed by atoms with Crippen molar-refractivity contribution in [1.82, 2.24) is 5.32 Å². The number of hydrogen-bond acceptors (Lipinski definition) is 7. The molecular formula is C34H33N3O6S. The first-order chi connectivity index (χ1) is 21.3. The van der Waals surface area contributed by atoms with Crippen LogP contribution in [0.4, 0.5) is 11.4 Å². The van der Waals surface area contributed by atoms with Crippen LogP contribution in [0.1, 0.15) is 22.8 Å². The summed E-state index contributed by atoms with van der Waals surface area (Å²) in [5.41, 5.74) is 2.10. The Morgan fingerprint density at radius 1 is 0.750 bits per heavy atom. The molecule has 0 aromatic heterocycles. The van der Waals surface area contributed by atoms with Crippen LogP contribution in [0.5, 0.6) is 17.2 Å². The van der Waals surface area contributed by atoms with Crippen molar-refractivity contribution in [2.75, 3.05) is 32.0 Å². The number of carbonyl (C=O) groups excluding carboxylic acids is 3. The maximum absolute atomic E-state index is 13.5. The lowest BCUT2D eigenvalue weighted by molar-refractivity contribution is -0.115. The Morgan fingerprint density at radius 2 is 1.48 bits per heavy atom. The Kier molecular flexibility index (Phi) is 11.0. The molecule has 4 aromatic rings. The third-order valence-electron chi connectivity index (χ3n) is 6.39. The molecule has 44 heavy (non-hydrogen) atoms.